The number of carbonyl (C=O) groups is 1. The largest absolute Gasteiger partial charge is 0.481 e. The van der Waals surface area contributed by atoms with E-state index < -0.39 is 6.10 Å². The van der Waals surface area contributed by atoms with Crippen LogP contribution in [0.3, 0.4) is 0 Å². The van der Waals surface area contributed by atoms with E-state index in [0.717, 1.165) is 25.1 Å². The average molecular weight is 262 g/mol. The van der Waals surface area contributed by atoms with E-state index in [1.54, 1.807) is 6.92 Å². The van der Waals surface area contributed by atoms with Gasteiger partial charge in [0.1, 0.15) is 5.75 Å². The van der Waals surface area contributed by atoms with Crippen molar-refractivity contribution in [2.75, 3.05) is 6.54 Å². The second-order valence-corrected chi connectivity index (χ2v) is 5.07. The van der Waals surface area contributed by atoms with Crippen molar-refractivity contribution in [2.24, 2.45) is 0 Å². The van der Waals surface area contributed by atoms with Gasteiger partial charge in [0.25, 0.3) is 5.91 Å². The maximum atomic E-state index is 12.1. The van der Waals surface area contributed by atoms with Crippen molar-refractivity contribution in [3.05, 3.63) is 30.3 Å². The summed E-state index contributed by atoms with van der Waals surface area (Å²) in [6.07, 6.45) is 1.65. The van der Waals surface area contributed by atoms with Crippen LogP contribution in [-0.2, 0) is 4.79 Å². The van der Waals surface area contributed by atoms with Gasteiger partial charge in [-0.3, -0.25) is 4.79 Å². The predicted octanol–water partition coefficient (Wildman–Crippen LogP) is 1.71. The van der Waals surface area contributed by atoms with E-state index in [1.807, 2.05) is 30.3 Å². The summed E-state index contributed by atoms with van der Waals surface area (Å²) in [5.41, 5.74) is 0. The van der Waals surface area contributed by atoms with Gasteiger partial charge in [-0.2, -0.15) is 0 Å². The molecule has 0 bridgehead atoms. The van der Waals surface area contributed by atoms with Crippen LogP contribution in [0.2, 0.25) is 0 Å². The molecular formula is C15H22N2O2. The van der Waals surface area contributed by atoms with Crippen LogP contribution in [0.25, 0.3) is 0 Å². The molecule has 0 saturated carbocycles. The molecule has 0 aromatic heterocycles. The number of piperidine rings is 1. The van der Waals surface area contributed by atoms with Gasteiger partial charge >= 0.3 is 0 Å². The molecule has 1 aliphatic heterocycles. The van der Waals surface area contributed by atoms with Crippen molar-refractivity contribution in [2.45, 2.75) is 44.9 Å². The van der Waals surface area contributed by atoms with Crippen LogP contribution in [0.15, 0.2) is 30.3 Å². The summed E-state index contributed by atoms with van der Waals surface area (Å²) in [4.78, 5) is 12.1. The molecule has 1 aromatic rings. The fourth-order valence-electron chi connectivity index (χ4n) is 2.30. The molecule has 1 fully saturated rings. The maximum absolute atomic E-state index is 12.1. The third-order valence-electron chi connectivity index (χ3n) is 3.51. The number of carbonyl (C=O) groups excluding carboxylic acids is 1. The Balaban J connectivity index is 1.85. The van der Waals surface area contributed by atoms with Crippen molar-refractivity contribution in [3.8, 4) is 5.75 Å². The summed E-state index contributed by atoms with van der Waals surface area (Å²) >= 11 is 0. The van der Waals surface area contributed by atoms with Crippen molar-refractivity contribution >= 4 is 5.91 Å². The first-order valence-electron chi connectivity index (χ1n) is 6.92. The fraction of sp³-hybridized carbons (Fsp3) is 0.533. The van der Waals surface area contributed by atoms with E-state index in [2.05, 4.69) is 17.6 Å². The number of amides is 1. The Morgan fingerprint density at radius 1 is 1.42 bits per heavy atom. The molecule has 104 valence electrons. The van der Waals surface area contributed by atoms with E-state index in [4.69, 9.17) is 4.74 Å². The average Bonchev–Trinajstić information content (AvgIpc) is 2.42. The molecule has 3 atom stereocenters. The normalized spacial score (nSPS) is 24.5. The zero-order valence-electron chi connectivity index (χ0n) is 11.6. The molecule has 2 rings (SSSR count). The van der Waals surface area contributed by atoms with Gasteiger partial charge in [-0.15, -0.1) is 0 Å². The number of nitrogens with one attached hydrogen (secondary N) is 2. The first-order chi connectivity index (χ1) is 9.16. The van der Waals surface area contributed by atoms with Gasteiger partial charge in [-0.25, -0.2) is 0 Å². The molecule has 1 aromatic carbocycles. The van der Waals surface area contributed by atoms with Crippen molar-refractivity contribution in [1.82, 2.24) is 10.6 Å². The lowest BCUT2D eigenvalue weighted by atomic mass is 10.00. The highest BCUT2D eigenvalue weighted by molar-refractivity contribution is 5.81. The maximum Gasteiger partial charge on any atom is 0.261 e. The zero-order valence-corrected chi connectivity index (χ0v) is 11.6. The summed E-state index contributed by atoms with van der Waals surface area (Å²) in [5.74, 6) is 0.671. The molecule has 4 heteroatoms. The topological polar surface area (TPSA) is 50.4 Å². The molecule has 1 saturated heterocycles. The van der Waals surface area contributed by atoms with Crippen LogP contribution in [0.5, 0.6) is 5.75 Å². The summed E-state index contributed by atoms with van der Waals surface area (Å²) < 4.78 is 5.62. The standard InChI is InChI=1S/C15H22N2O2/c1-11-14(9-6-10-16-11)17-15(18)12(2)19-13-7-4-3-5-8-13/h3-5,7-8,11-12,14,16H,6,9-10H2,1-2H3,(H,17,18). The Kier molecular flexibility index (Phi) is 4.80. The van der Waals surface area contributed by atoms with Crippen LogP contribution >= 0.6 is 0 Å². The molecule has 1 amide bonds. The smallest absolute Gasteiger partial charge is 0.261 e. The second-order valence-electron chi connectivity index (χ2n) is 5.07. The number of hydrogen-bond donors (Lipinski definition) is 2. The Morgan fingerprint density at radius 2 is 2.16 bits per heavy atom. The summed E-state index contributed by atoms with van der Waals surface area (Å²) in [7, 11) is 0. The summed E-state index contributed by atoms with van der Waals surface area (Å²) in [6, 6.07) is 9.95. The lowest BCUT2D eigenvalue weighted by molar-refractivity contribution is -0.128. The van der Waals surface area contributed by atoms with Gasteiger partial charge in [0.05, 0.1) is 0 Å². The molecule has 2 N–H and O–H groups in total. The van der Waals surface area contributed by atoms with E-state index in [1.165, 1.54) is 0 Å². The number of benzene rings is 1. The minimum atomic E-state index is -0.475. The van der Waals surface area contributed by atoms with E-state index >= 15 is 0 Å². The van der Waals surface area contributed by atoms with Crippen molar-refractivity contribution in [3.63, 3.8) is 0 Å². The fourth-order valence-corrected chi connectivity index (χ4v) is 2.30. The number of para-hydroxylation sites is 1. The van der Waals surface area contributed by atoms with E-state index in [9.17, 15) is 4.79 Å². The predicted molar refractivity (Wildman–Crippen MR) is 75.2 cm³/mol. The van der Waals surface area contributed by atoms with Crippen LogP contribution in [0, 0.1) is 0 Å². The van der Waals surface area contributed by atoms with E-state index in [-0.39, 0.29) is 11.9 Å². The molecule has 0 radical (unpaired) electrons. The highest BCUT2D eigenvalue weighted by Gasteiger charge is 2.25. The monoisotopic (exact) mass is 262 g/mol. The van der Waals surface area contributed by atoms with Gasteiger partial charge < -0.3 is 15.4 Å². The SMILES string of the molecule is CC(Oc1ccccc1)C(=O)NC1CCCNC1C. The molecular weight excluding hydrogens is 240 g/mol. The quantitative estimate of drug-likeness (QED) is 0.868. The Morgan fingerprint density at radius 3 is 2.84 bits per heavy atom. The van der Waals surface area contributed by atoms with Gasteiger partial charge in [0.15, 0.2) is 6.10 Å². The van der Waals surface area contributed by atoms with Gasteiger partial charge in [-0.05, 0) is 45.4 Å². The van der Waals surface area contributed by atoms with Crippen LogP contribution in [0.4, 0.5) is 0 Å². The lowest BCUT2D eigenvalue weighted by Crippen LogP contribution is -2.54. The number of ether oxygens (including phenoxy) is 1. The highest BCUT2D eigenvalue weighted by Crippen LogP contribution is 2.12. The Labute approximate surface area is 114 Å². The molecule has 0 aliphatic carbocycles. The molecule has 1 aliphatic rings. The molecule has 3 unspecified atom stereocenters. The highest BCUT2D eigenvalue weighted by atomic mass is 16.5. The second kappa shape index (κ2) is 6.57. The third kappa shape index (κ3) is 3.96. The third-order valence-corrected chi connectivity index (χ3v) is 3.51. The first-order valence-corrected chi connectivity index (χ1v) is 6.92. The minimum absolute atomic E-state index is 0.0515. The van der Waals surface area contributed by atoms with Crippen LogP contribution < -0.4 is 15.4 Å². The van der Waals surface area contributed by atoms with Crippen molar-refractivity contribution < 1.29 is 9.53 Å². The Bertz CT molecular complexity index is 408. The molecule has 1 heterocycles. The number of rotatable bonds is 4. The molecule has 4 nitrogen and oxygen atoms in total. The van der Waals surface area contributed by atoms with Crippen LogP contribution in [-0.4, -0.2) is 30.6 Å². The summed E-state index contributed by atoms with van der Waals surface area (Å²) in [5, 5.41) is 6.43. The van der Waals surface area contributed by atoms with E-state index in [0.29, 0.717) is 6.04 Å². The Hall–Kier alpha value is -1.55. The van der Waals surface area contributed by atoms with Gasteiger partial charge in [-0.1, -0.05) is 18.2 Å². The van der Waals surface area contributed by atoms with Crippen LogP contribution in [0.1, 0.15) is 26.7 Å². The number of hydrogen-bond acceptors (Lipinski definition) is 3. The minimum Gasteiger partial charge on any atom is -0.481 e. The van der Waals surface area contributed by atoms with Crippen molar-refractivity contribution in [1.29, 1.82) is 0 Å². The lowest BCUT2D eigenvalue weighted by Gasteiger charge is -2.31. The first kappa shape index (κ1) is 13.9. The summed E-state index contributed by atoms with van der Waals surface area (Å²) in [6.45, 7) is 4.92. The van der Waals surface area contributed by atoms with Gasteiger partial charge in [0.2, 0.25) is 0 Å². The van der Waals surface area contributed by atoms with Gasteiger partial charge in [0, 0.05) is 12.1 Å². The zero-order chi connectivity index (χ0) is 13.7. The molecule has 19 heavy (non-hydrogen) atoms. The molecule has 0 spiro atoms.